The third-order valence-electron chi connectivity index (χ3n) is 3.41. The van der Waals surface area contributed by atoms with Gasteiger partial charge in [-0.15, -0.1) is 13.2 Å². The summed E-state index contributed by atoms with van der Waals surface area (Å²) in [7, 11) is 0. The average Bonchev–Trinajstić information content (AvgIpc) is 2.15. The summed E-state index contributed by atoms with van der Waals surface area (Å²) in [4.78, 5) is 0. The Morgan fingerprint density at radius 1 is 1.36 bits per heavy atom. The van der Waals surface area contributed by atoms with Gasteiger partial charge in [0.25, 0.3) is 0 Å². The highest BCUT2D eigenvalue weighted by molar-refractivity contribution is 4.99. The second-order valence-corrected chi connectivity index (χ2v) is 4.51. The molecule has 0 spiro atoms. The van der Waals surface area contributed by atoms with E-state index in [1.165, 1.54) is 6.42 Å². The van der Waals surface area contributed by atoms with Crippen molar-refractivity contribution < 1.29 is 0 Å². The van der Waals surface area contributed by atoms with Gasteiger partial charge in [-0.2, -0.15) is 0 Å². The minimum atomic E-state index is 0.687. The maximum Gasteiger partial charge on any atom is 0.0141 e. The largest absolute Gasteiger partial charge is 0.311 e. The van der Waals surface area contributed by atoms with Crippen LogP contribution in [0, 0.1) is 11.8 Å². The van der Waals surface area contributed by atoms with Crippen molar-refractivity contribution in [1.82, 2.24) is 5.32 Å². The fourth-order valence-electron chi connectivity index (χ4n) is 2.48. The van der Waals surface area contributed by atoms with Crippen LogP contribution in [0.3, 0.4) is 0 Å². The second-order valence-electron chi connectivity index (χ2n) is 4.51. The minimum Gasteiger partial charge on any atom is -0.311 e. The van der Waals surface area contributed by atoms with Crippen molar-refractivity contribution in [2.75, 3.05) is 0 Å². The molecule has 1 saturated heterocycles. The van der Waals surface area contributed by atoms with Gasteiger partial charge in [-0.1, -0.05) is 19.1 Å². The first kappa shape index (κ1) is 11.5. The van der Waals surface area contributed by atoms with Gasteiger partial charge < -0.3 is 5.32 Å². The number of hydrogen-bond acceptors (Lipinski definition) is 1. The van der Waals surface area contributed by atoms with E-state index in [9.17, 15) is 0 Å². The molecule has 0 aromatic heterocycles. The lowest BCUT2D eigenvalue weighted by atomic mass is 9.74. The summed E-state index contributed by atoms with van der Waals surface area (Å²) < 4.78 is 0. The van der Waals surface area contributed by atoms with Crippen LogP contribution in [0.1, 0.15) is 33.1 Å². The number of allylic oxidation sites excluding steroid dienone is 2. The third kappa shape index (κ3) is 2.48. The Labute approximate surface area is 88.3 Å². The zero-order valence-electron chi connectivity index (χ0n) is 9.50. The van der Waals surface area contributed by atoms with Crippen molar-refractivity contribution in [3.63, 3.8) is 0 Å². The van der Waals surface area contributed by atoms with E-state index in [-0.39, 0.29) is 0 Å². The fourth-order valence-corrected chi connectivity index (χ4v) is 2.48. The smallest absolute Gasteiger partial charge is 0.0141 e. The Balaban J connectivity index is 2.38. The zero-order valence-corrected chi connectivity index (χ0v) is 9.50. The molecule has 14 heavy (non-hydrogen) atoms. The summed E-state index contributed by atoms with van der Waals surface area (Å²) >= 11 is 0. The van der Waals surface area contributed by atoms with Crippen molar-refractivity contribution in [3.8, 4) is 0 Å². The first-order chi connectivity index (χ1) is 6.70. The molecule has 1 aliphatic rings. The van der Waals surface area contributed by atoms with Crippen LogP contribution >= 0.6 is 0 Å². The van der Waals surface area contributed by atoms with Crippen molar-refractivity contribution in [1.29, 1.82) is 0 Å². The molecular formula is C13H23N. The summed E-state index contributed by atoms with van der Waals surface area (Å²) in [5.74, 6) is 1.56. The van der Waals surface area contributed by atoms with Gasteiger partial charge in [0.15, 0.2) is 0 Å². The summed E-state index contributed by atoms with van der Waals surface area (Å²) in [6, 6.07) is 1.38. The molecule has 0 bridgehead atoms. The van der Waals surface area contributed by atoms with Gasteiger partial charge in [-0.05, 0) is 38.0 Å². The molecule has 1 heteroatoms. The predicted molar refractivity (Wildman–Crippen MR) is 63.3 cm³/mol. The van der Waals surface area contributed by atoms with E-state index in [0.717, 1.165) is 24.7 Å². The highest BCUT2D eigenvalue weighted by atomic mass is 15.1. The Bertz CT molecular complexity index is 197. The quantitative estimate of drug-likeness (QED) is 0.639. The molecule has 3 unspecified atom stereocenters. The molecule has 1 heterocycles. The first-order valence-electron chi connectivity index (χ1n) is 5.68. The Morgan fingerprint density at radius 3 is 2.57 bits per heavy atom. The molecule has 0 aromatic rings. The van der Waals surface area contributed by atoms with Gasteiger partial charge in [0.1, 0.15) is 0 Å². The van der Waals surface area contributed by atoms with E-state index < -0.39 is 0 Å². The lowest BCUT2D eigenvalue weighted by Crippen LogP contribution is -2.62. The van der Waals surface area contributed by atoms with E-state index in [1.807, 2.05) is 12.2 Å². The maximum atomic E-state index is 3.80. The molecular weight excluding hydrogens is 170 g/mol. The van der Waals surface area contributed by atoms with Gasteiger partial charge >= 0.3 is 0 Å². The third-order valence-corrected chi connectivity index (χ3v) is 3.41. The average molecular weight is 193 g/mol. The highest BCUT2D eigenvalue weighted by Crippen LogP contribution is 2.32. The summed E-state index contributed by atoms with van der Waals surface area (Å²) in [5.41, 5.74) is 0. The number of hydrogen-bond donors (Lipinski definition) is 1. The van der Waals surface area contributed by atoms with Crippen LogP contribution in [-0.4, -0.2) is 12.1 Å². The molecule has 1 N–H and O–H groups in total. The van der Waals surface area contributed by atoms with Gasteiger partial charge in [0.2, 0.25) is 0 Å². The Kier molecular flexibility index (Phi) is 4.40. The van der Waals surface area contributed by atoms with Crippen LogP contribution in [0.5, 0.6) is 0 Å². The SMILES string of the molecule is C=CCCC1C(C(C)CC=C)N[C@H]1C. The normalized spacial score (nSPS) is 33.1. The molecule has 0 radical (unpaired) electrons. The molecule has 0 aliphatic carbocycles. The van der Waals surface area contributed by atoms with E-state index in [2.05, 4.69) is 32.3 Å². The standard InChI is InChI=1S/C13H23N/c1-5-7-9-12-11(4)14-13(12)10(3)8-6-2/h5-6,10-14H,1-2,7-9H2,3-4H3/t10?,11-,12?,13?/m0/s1. The van der Waals surface area contributed by atoms with Crippen LogP contribution < -0.4 is 5.32 Å². The molecule has 0 amide bonds. The number of rotatable bonds is 6. The lowest BCUT2D eigenvalue weighted by molar-refractivity contribution is 0.101. The summed E-state index contributed by atoms with van der Waals surface area (Å²) in [5, 5.41) is 3.60. The Hall–Kier alpha value is -0.560. The molecule has 80 valence electrons. The van der Waals surface area contributed by atoms with Crippen molar-refractivity contribution in [2.45, 2.75) is 45.2 Å². The molecule has 4 atom stereocenters. The summed E-state index contributed by atoms with van der Waals surface area (Å²) in [6.07, 6.45) is 7.60. The molecule has 1 fully saturated rings. The first-order valence-corrected chi connectivity index (χ1v) is 5.68. The molecule has 0 saturated carbocycles. The van der Waals surface area contributed by atoms with E-state index in [4.69, 9.17) is 0 Å². The van der Waals surface area contributed by atoms with Crippen LogP contribution in [0.2, 0.25) is 0 Å². The highest BCUT2D eigenvalue weighted by Gasteiger charge is 2.38. The minimum absolute atomic E-state index is 0.687. The van der Waals surface area contributed by atoms with Gasteiger partial charge in [0.05, 0.1) is 0 Å². The zero-order chi connectivity index (χ0) is 10.6. The topological polar surface area (TPSA) is 12.0 Å². The monoisotopic (exact) mass is 193 g/mol. The van der Waals surface area contributed by atoms with Crippen molar-refractivity contribution in [2.24, 2.45) is 11.8 Å². The molecule has 0 aromatic carbocycles. The van der Waals surface area contributed by atoms with Gasteiger partial charge in [0, 0.05) is 12.1 Å². The maximum absolute atomic E-state index is 3.80. The van der Waals surface area contributed by atoms with Gasteiger partial charge in [-0.25, -0.2) is 0 Å². The van der Waals surface area contributed by atoms with Crippen LogP contribution in [-0.2, 0) is 0 Å². The molecule has 1 nitrogen and oxygen atoms in total. The molecule has 1 aliphatic heterocycles. The lowest BCUT2D eigenvalue weighted by Gasteiger charge is -2.48. The fraction of sp³-hybridized carbons (Fsp3) is 0.692. The van der Waals surface area contributed by atoms with E-state index >= 15 is 0 Å². The number of nitrogens with one attached hydrogen (secondary N) is 1. The predicted octanol–water partition coefficient (Wildman–Crippen LogP) is 3.14. The van der Waals surface area contributed by atoms with E-state index in [0.29, 0.717) is 12.1 Å². The van der Waals surface area contributed by atoms with Crippen molar-refractivity contribution >= 4 is 0 Å². The second kappa shape index (κ2) is 5.35. The van der Waals surface area contributed by atoms with E-state index in [1.54, 1.807) is 0 Å². The summed E-state index contributed by atoms with van der Waals surface area (Å²) in [6.45, 7) is 12.2. The van der Waals surface area contributed by atoms with Crippen LogP contribution in [0.25, 0.3) is 0 Å². The van der Waals surface area contributed by atoms with Crippen molar-refractivity contribution in [3.05, 3.63) is 25.3 Å². The molecule has 1 rings (SSSR count). The van der Waals surface area contributed by atoms with Crippen LogP contribution in [0.4, 0.5) is 0 Å². The van der Waals surface area contributed by atoms with Crippen LogP contribution in [0.15, 0.2) is 25.3 Å². The van der Waals surface area contributed by atoms with Gasteiger partial charge in [-0.3, -0.25) is 0 Å². The Morgan fingerprint density at radius 2 is 2.07 bits per heavy atom.